The van der Waals surface area contributed by atoms with Crippen LogP contribution >= 0.6 is 0 Å². The van der Waals surface area contributed by atoms with Crippen molar-refractivity contribution in [2.75, 3.05) is 5.32 Å². The van der Waals surface area contributed by atoms with Crippen LogP contribution in [0.15, 0.2) is 59.6 Å². The monoisotopic (exact) mass is 305 g/mol. The number of aromatic amines is 1. The van der Waals surface area contributed by atoms with Crippen LogP contribution in [-0.4, -0.2) is 16.4 Å². The summed E-state index contributed by atoms with van der Waals surface area (Å²) >= 11 is 0. The molecule has 0 spiro atoms. The summed E-state index contributed by atoms with van der Waals surface area (Å²) in [5, 5.41) is 19.2. The molecule has 0 bridgehead atoms. The van der Waals surface area contributed by atoms with Crippen LogP contribution < -0.4 is 5.32 Å². The number of nitrogens with one attached hydrogen (secondary N) is 2. The first-order valence-corrected chi connectivity index (χ1v) is 6.86. The fourth-order valence-corrected chi connectivity index (χ4v) is 1.97. The standard InChI is InChI=1S/C17H12FN5/c18-13-8-6-12(7-9-13)11-20-16-15(10-19)17(23-22-16)21-14-4-2-1-3-5-14/h1-9,11H,(H2,21,22,23). The highest BCUT2D eigenvalue weighted by molar-refractivity contribution is 5.83. The van der Waals surface area contributed by atoms with Crippen molar-refractivity contribution in [2.24, 2.45) is 4.99 Å². The highest BCUT2D eigenvalue weighted by Gasteiger charge is 2.12. The van der Waals surface area contributed by atoms with Crippen molar-refractivity contribution >= 4 is 23.5 Å². The van der Waals surface area contributed by atoms with Crippen molar-refractivity contribution in [3.63, 3.8) is 0 Å². The van der Waals surface area contributed by atoms with Gasteiger partial charge in [-0.3, -0.25) is 5.10 Å². The average Bonchev–Trinajstić information content (AvgIpc) is 2.97. The second-order valence-electron chi connectivity index (χ2n) is 4.71. The van der Waals surface area contributed by atoms with Gasteiger partial charge in [-0.25, -0.2) is 9.38 Å². The van der Waals surface area contributed by atoms with Gasteiger partial charge in [0.15, 0.2) is 5.82 Å². The summed E-state index contributed by atoms with van der Waals surface area (Å²) < 4.78 is 12.9. The number of halogens is 1. The van der Waals surface area contributed by atoms with Crippen LogP contribution in [0.4, 0.5) is 21.7 Å². The summed E-state index contributed by atoms with van der Waals surface area (Å²) in [4.78, 5) is 4.19. The summed E-state index contributed by atoms with van der Waals surface area (Å²) in [6.07, 6.45) is 1.53. The summed E-state index contributed by atoms with van der Waals surface area (Å²) in [5.74, 6) is 0.439. The number of hydrogen-bond donors (Lipinski definition) is 2. The van der Waals surface area contributed by atoms with E-state index >= 15 is 0 Å². The topological polar surface area (TPSA) is 76.9 Å². The van der Waals surface area contributed by atoms with E-state index in [2.05, 4.69) is 26.6 Å². The zero-order chi connectivity index (χ0) is 16.1. The van der Waals surface area contributed by atoms with Crippen molar-refractivity contribution in [3.05, 3.63) is 71.5 Å². The number of para-hydroxylation sites is 1. The molecule has 2 N–H and O–H groups in total. The molecule has 5 nitrogen and oxygen atoms in total. The maximum atomic E-state index is 12.9. The molecule has 1 heterocycles. The van der Waals surface area contributed by atoms with Gasteiger partial charge in [0.2, 0.25) is 0 Å². The molecule has 1 aromatic heterocycles. The van der Waals surface area contributed by atoms with E-state index in [0.29, 0.717) is 11.4 Å². The molecule has 0 aliphatic rings. The average molecular weight is 305 g/mol. The zero-order valence-corrected chi connectivity index (χ0v) is 12.0. The Bertz CT molecular complexity index is 860. The first-order chi connectivity index (χ1) is 11.3. The number of anilines is 2. The Morgan fingerprint density at radius 2 is 1.87 bits per heavy atom. The minimum Gasteiger partial charge on any atom is -0.339 e. The first kappa shape index (κ1) is 14.5. The molecule has 0 amide bonds. The van der Waals surface area contributed by atoms with Crippen LogP contribution in [0.5, 0.6) is 0 Å². The molecule has 0 fully saturated rings. The maximum absolute atomic E-state index is 12.9. The van der Waals surface area contributed by atoms with E-state index < -0.39 is 0 Å². The number of aromatic nitrogens is 2. The minimum absolute atomic E-state index is 0.273. The Balaban J connectivity index is 1.84. The molecule has 3 rings (SSSR count). The van der Waals surface area contributed by atoms with Gasteiger partial charge in [0, 0.05) is 11.9 Å². The van der Waals surface area contributed by atoms with Crippen molar-refractivity contribution < 1.29 is 4.39 Å². The summed E-state index contributed by atoms with van der Waals surface area (Å²) in [6, 6.07) is 17.4. The third-order valence-electron chi connectivity index (χ3n) is 3.11. The molecule has 112 valence electrons. The Morgan fingerprint density at radius 3 is 2.57 bits per heavy atom. The molecule has 0 atom stereocenters. The van der Waals surface area contributed by atoms with E-state index in [4.69, 9.17) is 0 Å². The lowest BCUT2D eigenvalue weighted by atomic mass is 10.2. The highest BCUT2D eigenvalue weighted by atomic mass is 19.1. The highest BCUT2D eigenvalue weighted by Crippen LogP contribution is 2.25. The SMILES string of the molecule is N#Cc1c(N=Cc2ccc(F)cc2)n[nH]c1Nc1ccccc1. The van der Waals surface area contributed by atoms with Crippen molar-refractivity contribution in [3.8, 4) is 6.07 Å². The molecule has 0 saturated carbocycles. The van der Waals surface area contributed by atoms with Crippen LogP contribution in [0.2, 0.25) is 0 Å². The quantitative estimate of drug-likeness (QED) is 0.717. The third-order valence-corrected chi connectivity index (χ3v) is 3.11. The maximum Gasteiger partial charge on any atom is 0.193 e. The molecule has 0 aliphatic carbocycles. The zero-order valence-electron chi connectivity index (χ0n) is 12.0. The molecule has 6 heteroatoms. The van der Waals surface area contributed by atoms with Crippen molar-refractivity contribution in [1.82, 2.24) is 10.2 Å². The molecule has 0 radical (unpaired) electrons. The summed E-state index contributed by atoms with van der Waals surface area (Å²) in [5.41, 5.74) is 1.87. The normalized spacial score (nSPS) is 10.6. The summed E-state index contributed by atoms with van der Waals surface area (Å²) in [7, 11) is 0. The van der Waals surface area contributed by atoms with E-state index in [1.54, 1.807) is 12.1 Å². The second kappa shape index (κ2) is 6.54. The number of aliphatic imine (C=N–C) groups is 1. The molecule has 2 aromatic carbocycles. The molecule has 0 aliphatic heterocycles. The van der Waals surface area contributed by atoms with Gasteiger partial charge in [-0.15, -0.1) is 0 Å². The van der Waals surface area contributed by atoms with Crippen LogP contribution in [-0.2, 0) is 0 Å². The molecular formula is C17H12FN5. The lowest BCUT2D eigenvalue weighted by molar-refractivity contribution is 0.628. The Hall–Kier alpha value is -3.46. The van der Waals surface area contributed by atoms with E-state index in [0.717, 1.165) is 11.3 Å². The fraction of sp³-hybridized carbons (Fsp3) is 0. The molecule has 0 saturated heterocycles. The van der Waals surface area contributed by atoms with Gasteiger partial charge in [0.1, 0.15) is 23.3 Å². The lowest BCUT2D eigenvalue weighted by Gasteiger charge is -2.02. The Kier molecular flexibility index (Phi) is 4.11. The van der Waals surface area contributed by atoms with E-state index in [9.17, 15) is 9.65 Å². The first-order valence-electron chi connectivity index (χ1n) is 6.86. The van der Waals surface area contributed by atoms with Gasteiger partial charge < -0.3 is 5.32 Å². The molecular weight excluding hydrogens is 293 g/mol. The van der Waals surface area contributed by atoms with E-state index in [-0.39, 0.29) is 11.6 Å². The molecule has 23 heavy (non-hydrogen) atoms. The van der Waals surface area contributed by atoms with Crippen LogP contribution in [0.1, 0.15) is 11.1 Å². The van der Waals surface area contributed by atoms with Gasteiger partial charge in [0.05, 0.1) is 0 Å². The van der Waals surface area contributed by atoms with Gasteiger partial charge in [-0.2, -0.15) is 10.4 Å². The number of H-pyrrole nitrogens is 1. The molecule has 0 unspecified atom stereocenters. The van der Waals surface area contributed by atoms with Crippen LogP contribution in [0.25, 0.3) is 0 Å². The number of benzene rings is 2. The molecule has 3 aromatic rings. The van der Waals surface area contributed by atoms with Gasteiger partial charge in [-0.1, -0.05) is 30.3 Å². The Labute approximate surface area is 132 Å². The van der Waals surface area contributed by atoms with Gasteiger partial charge in [-0.05, 0) is 29.8 Å². The second-order valence-corrected chi connectivity index (χ2v) is 4.71. The number of rotatable bonds is 4. The number of nitrogens with zero attached hydrogens (tertiary/aromatic N) is 3. The predicted octanol–water partition coefficient (Wildman–Crippen LogP) is 3.91. The predicted molar refractivity (Wildman–Crippen MR) is 86.7 cm³/mol. The Morgan fingerprint density at radius 1 is 1.13 bits per heavy atom. The van der Waals surface area contributed by atoms with Crippen LogP contribution in [0.3, 0.4) is 0 Å². The van der Waals surface area contributed by atoms with E-state index in [1.165, 1.54) is 18.3 Å². The fourth-order valence-electron chi connectivity index (χ4n) is 1.97. The number of nitriles is 1. The number of hydrogen-bond acceptors (Lipinski definition) is 4. The van der Waals surface area contributed by atoms with Gasteiger partial charge in [0.25, 0.3) is 0 Å². The largest absolute Gasteiger partial charge is 0.339 e. The van der Waals surface area contributed by atoms with Crippen molar-refractivity contribution in [2.45, 2.75) is 0 Å². The summed E-state index contributed by atoms with van der Waals surface area (Å²) in [6.45, 7) is 0. The van der Waals surface area contributed by atoms with Gasteiger partial charge >= 0.3 is 0 Å². The van der Waals surface area contributed by atoms with E-state index in [1.807, 2.05) is 30.3 Å². The minimum atomic E-state index is -0.311. The smallest absolute Gasteiger partial charge is 0.193 e. The van der Waals surface area contributed by atoms with Crippen molar-refractivity contribution in [1.29, 1.82) is 5.26 Å². The lowest BCUT2D eigenvalue weighted by Crippen LogP contribution is -1.92. The van der Waals surface area contributed by atoms with Crippen LogP contribution in [0, 0.1) is 17.1 Å². The third kappa shape index (κ3) is 3.41.